The number of aromatic nitrogens is 2. The lowest BCUT2D eigenvalue weighted by molar-refractivity contribution is 0.0958. The second-order valence-corrected chi connectivity index (χ2v) is 8.71. The van der Waals surface area contributed by atoms with Crippen LogP contribution in [-0.4, -0.2) is 27.3 Å². The number of nitrogens with one attached hydrogen (secondary N) is 2. The Kier molecular flexibility index (Phi) is 6.27. The highest BCUT2D eigenvalue weighted by molar-refractivity contribution is 7.21. The lowest BCUT2D eigenvalue weighted by atomic mass is 10.1. The van der Waals surface area contributed by atoms with Gasteiger partial charge in [-0.2, -0.15) is 10.2 Å². The first-order valence-corrected chi connectivity index (χ1v) is 11.0. The van der Waals surface area contributed by atoms with Crippen molar-refractivity contribution < 1.29 is 9.59 Å². The minimum Gasteiger partial charge on any atom is -0.321 e. The summed E-state index contributed by atoms with van der Waals surface area (Å²) in [6.07, 6.45) is 1.56. The Bertz CT molecular complexity index is 1380. The maximum Gasteiger partial charge on any atom is 0.283 e. The van der Waals surface area contributed by atoms with Crippen LogP contribution in [0.25, 0.3) is 10.1 Å². The first-order chi connectivity index (χ1) is 15.3. The Morgan fingerprint density at radius 2 is 1.88 bits per heavy atom. The lowest BCUT2D eigenvalue weighted by Crippen LogP contribution is -2.19. The lowest BCUT2D eigenvalue weighted by Gasteiger charge is -2.08. The topological polar surface area (TPSA) is 88.4 Å². The smallest absolute Gasteiger partial charge is 0.283 e. The minimum atomic E-state index is -0.424. The number of carbonyl (C=O) groups is 2. The average molecular weight is 486 g/mol. The van der Waals surface area contributed by atoms with Crippen molar-refractivity contribution >= 4 is 67.8 Å². The van der Waals surface area contributed by atoms with Crippen LogP contribution in [0.4, 0.5) is 5.69 Å². The normalized spacial score (nSPS) is 11.6. The molecule has 0 aliphatic carbocycles. The maximum absolute atomic E-state index is 12.7. The fourth-order valence-corrected chi connectivity index (χ4v) is 4.93. The van der Waals surface area contributed by atoms with Crippen LogP contribution < -0.4 is 10.7 Å². The van der Waals surface area contributed by atoms with Gasteiger partial charge >= 0.3 is 0 Å². The summed E-state index contributed by atoms with van der Waals surface area (Å²) in [5, 5.41) is 12.5. The van der Waals surface area contributed by atoms with E-state index in [1.165, 1.54) is 16.0 Å². The molecule has 0 saturated carbocycles. The maximum atomic E-state index is 12.7. The molecule has 4 aromatic rings. The third-order valence-electron chi connectivity index (χ3n) is 4.73. The number of nitrogens with zero attached hydrogens (tertiary/aromatic N) is 3. The molecule has 10 heteroatoms. The number of thiophene rings is 1. The Balaban J connectivity index is 1.50. The number of aryl methyl sites for hydroxylation is 1. The van der Waals surface area contributed by atoms with Crippen molar-refractivity contribution in [2.45, 2.75) is 6.92 Å². The van der Waals surface area contributed by atoms with Crippen molar-refractivity contribution in [3.05, 3.63) is 80.9 Å². The van der Waals surface area contributed by atoms with E-state index in [1.54, 1.807) is 50.5 Å². The second kappa shape index (κ2) is 9.12. The third-order valence-corrected chi connectivity index (χ3v) is 6.69. The molecular formula is C22H17Cl2N5O2S. The Morgan fingerprint density at radius 1 is 1.09 bits per heavy atom. The summed E-state index contributed by atoms with van der Waals surface area (Å²) >= 11 is 13.8. The van der Waals surface area contributed by atoms with Crippen molar-refractivity contribution in [2.75, 3.05) is 5.32 Å². The summed E-state index contributed by atoms with van der Waals surface area (Å²) < 4.78 is 2.32. The summed E-state index contributed by atoms with van der Waals surface area (Å²) in [6.45, 7) is 1.76. The standard InChI is InChI=1S/C22H17Cl2N5O2S/c1-12(13-5-3-6-14(11-13)26-21(30)16-9-10-25-29(16)2)27-28-22(31)20-19(24)18-15(23)7-4-8-17(18)32-20/h3-11H,1-2H3,(H,26,30)(H,28,31)/b27-12-. The van der Waals surface area contributed by atoms with Gasteiger partial charge in [0.15, 0.2) is 0 Å². The van der Waals surface area contributed by atoms with E-state index in [2.05, 4.69) is 20.9 Å². The van der Waals surface area contributed by atoms with E-state index in [4.69, 9.17) is 23.2 Å². The number of fused-ring (bicyclic) bond motifs is 1. The Hall–Kier alpha value is -3.20. The fourth-order valence-electron chi connectivity index (χ4n) is 3.08. The van der Waals surface area contributed by atoms with Gasteiger partial charge in [-0.3, -0.25) is 14.3 Å². The van der Waals surface area contributed by atoms with Gasteiger partial charge in [-0.05, 0) is 42.8 Å². The summed E-state index contributed by atoms with van der Waals surface area (Å²) in [7, 11) is 1.70. The van der Waals surface area contributed by atoms with Crippen LogP contribution in [-0.2, 0) is 7.05 Å². The quantitative estimate of drug-likeness (QED) is 0.295. The molecule has 0 bridgehead atoms. The van der Waals surface area contributed by atoms with Crippen molar-refractivity contribution in [2.24, 2.45) is 12.1 Å². The monoisotopic (exact) mass is 485 g/mol. The molecule has 2 heterocycles. The third kappa shape index (κ3) is 4.38. The fraction of sp³-hybridized carbons (Fsp3) is 0.0909. The molecule has 32 heavy (non-hydrogen) atoms. The Morgan fingerprint density at radius 3 is 2.59 bits per heavy atom. The largest absolute Gasteiger partial charge is 0.321 e. The molecule has 2 N–H and O–H groups in total. The van der Waals surface area contributed by atoms with Gasteiger partial charge in [-0.1, -0.05) is 41.4 Å². The van der Waals surface area contributed by atoms with E-state index in [1.807, 2.05) is 18.2 Å². The van der Waals surface area contributed by atoms with Crippen molar-refractivity contribution in [1.82, 2.24) is 15.2 Å². The van der Waals surface area contributed by atoms with Crippen LogP contribution in [0.1, 0.15) is 32.6 Å². The average Bonchev–Trinajstić information content (AvgIpc) is 3.36. The first-order valence-electron chi connectivity index (χ1n) is 9.46. The summed E-state index contributed by atoms with van der Waals surface area (Å²) in [5.41, 5.74) is 4.87. The number of carbonyl (C=O) groups excluding carboxylic acids is 2. The zero-order valence-corrected chi connectivity index (χ0v) is 19.3. The van der Waals surface area contributed by atoms with Crippen LogP contribution in [0.3, 0.4) is 0 Å². The van der Waals surface area contributed by atoms with E-state index >= 15 is 0 Å². The van der Waals surface area contributed by atoms with Gasteiger partial charge in [0.1, 0.15) is 10.6 Å². The molecule has 0 fully saturated rings. The highest BCUT2D eigenvalue weighted by atomic mass is 35.5. The number of amides is 2. The molecule has 162 valence electrons. The van der Waals surface area contributed by atoms with Gasteiger partial charge in [-0.25, -0.2) is 5.43 Å². The number of rotatable bonds is 5. The number of anilines is 1. The molecule has 2 aromatic heterocycles. The molecule has 4 rings (SSSR count). The molecule has 2 amide bonds. The zero-order valence-electron chi connectivity index (χ0n) is 17.0. The van der Waals surface area contributed by atoms with Gasteiger partial charge in [-0.15, -0.1) is 11.3 Å². The van der Waals surface area contributed by atoms with Crippen LogP contribution in [0.2, 0.25) is 10.0 Å². The number of benzene rings is 2. The van der Waals surface area contributed by atoms with Crippen LogP contribution in [0.5, 0.6) is 0 Å². The predicted molar refractivity (Wildman–Crippen MR) is 129 cm³/mol. The number of hydrogen-bond acceptors (Lipinski definition) is 5. The van der Waals surface area contributed by atoms with E-state index in [0.717, 1.165) is 10.3 Å². The molecule has 0 aliphatic rings. The summed E-state index contributed by atoms with van der Waals surface area (Å²) in [4.78, 5) is 25.4. The highest BCUT2D eigenvalue weighted by Gasteiger charge is 2.19. The van der Waals surface area contributed by atoms with Gasteiger partial charge in [0.05, 0.1) is 15.8 Å². The zero-order chi connectivity index (χ0) is 22.8. The van der Waals surface area contributed by atoms with E-state index in [0.29, 0.717) is 37.4 Å². The van der Waals surface area contributed by atoms with Crippen LogP contribution >= 0.6 is 34.5 Å². The van der Waals surface area contributed by atoms with Crippen LogP contribution in [0.15, 0.2) is 59.8 Å². The minimum absolute atomic E-state index is 0.275. The number of hydrogen-bond donors (Lipinski definition) is 2. The van der Waals surface area contributed by atoms with Gasteiger partial charge < -0.3 is 5.32 Å². The van der Waals surface area contributed by atoms with Gasteiger partial charge in [0, 0.05) is 29.0 Å². The second-order valence-electron chi connectivity index (χ2n) is 6.87. The van der Waals surface area contributed by atoms with Crippen molar-refractivity contribution in [3.63, 3.8) is 0 Å². The summed E-state index contributed by atoms with van der Waals surface area (Å²) in [5.74, 6) is -0.699. The molecule has 0 atom stereocenters. The van der Waals surface area contributed by atoms with Crippen LogP contribution in [0, 0.1) is 0 Å². The molecule has 0 spiro atoms. The molecule has 0 aliphatic heterocycles. The van der Waals surface area contributed by atoms with Crippen molar-refractivity contribution in [1.29, 1.82) is 0 Å². The Labute approximate surface area is 197 Å². The van der Waals surface area contributed by atoms with Gasteiger partial charge in [0.2, 0.25) is 0 Å². The van der Waals surface area contributed by atoms with Gasteiger partial charge in [0.25, 0.3) is 11.8 Å². The molecule has 2 aromatic carbocycles. The van der Waals surface area contributed by atoms with E-state index < -0.39 is 5.91 Å². The SMILES string of the molecule is C/C(=N/NC(=O)c1sc2cccc(Cl)c2c1Cl)c1cccc(NC(=O)c2ccnn2C)c1. The highest BCUT2D eigenvalue weighted by Crippen LogP contribution is 2.39. The summed E-state index contributed by atoms with van der Waals surface area (Å²) in [6, 6.07) is 14.2. The van der Waals surface area contributed by atoms with E-state index in [-0.39, 0.29) is 5.91 Å². The molecule has 0 unspecified atom stereocenters. The number of hydrazone groups is 1. The first kappa shape index (κ1) is 22.0. The molecule has 7 nitrogen and oxygen atoms in total. The number of halogens is 2. The molecule has 0 radical (unpaired) electrons. The predicted octanol–water partition coefficient (Wildman–Crippen LogP) is 5.35. The molecular weight excluding hydrogens is 469 g/mol. The van der Waals surface area contributed by atoms with Crippen molar-refractivity contribution in [3.8, 4) is 0 Å². The molecule has 0 saturated heterocycles. The van der Waals surface area contributed by atoms with E-state index in [9.17, 15) is 9.59 Å².